The van der Waals surface area contributed by atoms with Gasteiger partial charge in [-0.1, -0.05) is 13.8 Å². The fourth-order valence-corrected chi connectivity index (χ4v) is 3.30. The molecule has 7 heteroatoms. The van der Waals surface area contributed by atoms with E-state index in [1.165, 1.54) is 18.4 Å². The van der Waals surface area contributed by atoms with Gasteiger partial charge in [0.05, 0.1) is 11.6 Å². The maximum atomic E-state index is 12.4. The first-order chi connectivity index (χ1) is 9.89. The number of methoxy groups -OCH3 is 1. The number of hydrogen-bond donors (Lipinski definition) is 1. The molecule has 0 aliphatic carbocycles. The maximum Gasteiger partial charge on any atom is 0.313 e. The first-order valence-electron chi connectivity index (χ1n) is 6.86. The van der Waals surface area contributed by atoms with Crippen molar-refractivity contribution in [3.63, 3.8) is 0 Å². The maximum absolute atomic E-state index is 12.4. The van der Waals surface area contributed by atoms with Crippen molar-refractivity contribution >= 4 is 23.2 Å². The van der Waals surface area contributed by atoms with Gasteiger partial charge in [0.2, 0.25) is 0 Å². The third-order valence-corrected chi connectivity index (χ3v) is 4.90. The highest BCUT2D eigenvalue weighted by Crippen LogP contribution is 2.32. The third-order valence-electron chi connectivity index (χ3n) is 3.75. The van der Waals surface area contributed by atoms with Crippen LogP contribution in [0.2, 0.25) is 0 Å². The van der Waals surface area contributed by atoms with Crippen molar-refractivity contribution in [1.82, 2.24) is 9.88 Å². The average Bonchev–Trinajstić information content (AvgIpc) is 3.06. The molecule has 6 nitrogen and oxygen atoms in total. The van der Waals surface area contributed by atoms with Crippen LogP contribution < -0.4 is 0 Å². The number of carboxylic acid groups (broad SMARTS) is 1. The van der Waals surface area contributed by atoms with Crippen molar-refractivity contribution in [2.75, 3.05) is 26.8 Å². The van der Waals surface area contributed by atoms with Crippen molar-refractivity contribution in [2.24, 2.45) is 5.41 Å². The Hall–Kier alpha value is -1.47. The van der Waals surface area contributed by atoms with E-state index in [1.807, 2.05) is 13.8 Å². The van der Waals surface area contributed by atoms with Gasteiger partial charge in [0.15, 0.2) is 0 Å². The summed E-state index contributed by atoms with van der Waals surface area (Å²) in [5, 5.41) is 12.1. The van der Waals surface area contributed by atoms with Gasteiger partial charge in [-0.25, -0.2) is 4.98 Å². The Bertz CT molecular complexity index is 543. The van der Waals surface area contributed by atoms with Gasteiger partial charge in [0.1, 0.15) is 11.1 Å². The number of likely N-dealkylation sites (tertiary alicyclic amines) is 1. The molecule has 1 aromatic rings. The molecular formula is C14H20N2O4S. The van der Waals surface area contributed by atoms with E-state index in [2.05, 4.69) is 4.98 Å². The van der Waals surface area contributed by atoms with Crippen LogP contribution in [0.3, 0.4) is 0 Å². The molecule has 0 bridgehead atoms. The molecule has 1 fully saturated rings. The molecule has 1 aliphatic rings. The SMILES string of the molecule is COCC1(C(=O)O)CCN(C(=O)c2csc(C(C)C)n2)C1. The molecule has 0 radical (unpaired) electrons. The molecular weight excluding hydrogens is 292 g/mol. The lowest BCUT2D eigenvalue weighted by Gasteiger charge is -2.23. The second-order valence-electron chi connectivity index (χ2n) is 5.72. The van der Waals surface area contributed by atoms with E-state index >= 15 is 0 Å². The topological polar surface area (TPSA) is 79.7 Å². The second-order valence-corrected chi connectivity index (χ2v) is 6.61. The zero-order valence-electron chi connectivity index (χ0n) is 12.5. The number of amides is 1. The number of ether oxygens (including phenoxy) is 1. The van der Waals surface area contributed by atoms with Gasteiger partial charge in [0, 0.05) is 31.5 Å². The summed E-state index contributed by atoms with van der Waals surface area (Å²) >= 11 is 1.46. The van der Waals surface area contributed by atoms with E-state index in [9.17, 15) is 14.7 Å². The third kappa shape index (κ3) is 3.08. The number of hydrogen-bond acceptors (Lipinski definition) is 5. The number of aromatic nitrogens is 1. The van der Waals surface area contributed by atoms with Crippen LogP contribution in [0, 0.1) is 5.41 Å². The van der Waals surface area contributed by atoms with Crippen LogP contribution in [0.25, 0.3) is 0 Å². The summed E-state index contributed by atoms with van der Waals surface area (Å²) in [5.74, 6) is -0.833. The lowest BCUT2D eigenvalue weighted by Crippen LogP contribution is -2.40. The van der Waals surface area contributed by atoms with Gasteiger partial charge in [-0.3, -0.25) is 9.59 Å². The molecule has 1 N–H and O–H groups in total. The number of rotatable bonds is 5. The summed E-state index contributed by atoms with van der Waals surface area (Å²) in [6.07, 6.45) is 0.406. The van der Waals surface area contributed by atoms with Crippen molar-refractivity contribution in [2.45, 2.75) is 26.2 Å². The van der Waals surface area contributed by atoms with E-state index in [-0.39, 0.29) is 25.0 Å². The highest BCUT2D eigenvalue weighted by Gasteiger charge is 2.46. The van der Waals surface area contributed by atoms with E-state index in [4.69, 9.17) is 4.74 Å². The number of aliphatic carboxylic acids is 1. The fourth-order valence-electron chi connectivity index (χ4n) is 2.49. The fraction of sp³-hybridized carbons (Fsp3) is 0.643. The molecule has 2 heterocycles. The van der Waals surface area contributed by atoms with Crippen molar-refractivity contribution in [3.05, 3.63) is 16.1 Å². The molecule has 1 amide bonds. The Morgan fingerprint density at radius 2 is 2.29 bits per heavy atom. The summed E-state index contributed by atoms with van der Waals surface area (Å²) in [7, 11) is 1.48. The Kier molecular flexibility index (Phi) is 4.63. The van der Waals surface area contributed by atoms with Crippen LogP contribution in [0.5, 0.6) is 0 Å². The van der Waals surface area contributed by atoms with E-state index in [0.717, 1.165) is 5.01 Å². The normalized spacial score (nSPS) is 22.0. The molecule has 2 rings (SSSR count). The van der Waals surface area contributed by atoms with Crippen LogP contribution in [-0.2, 0) is 9.53 Å². The monoisotopic (exact) mass is 312 g/mol. The van der Waals surface area contributed by atoms with E-state index in [0.29, 0.717) is 18.7 Å². The average molecular weight is 312 g/mol. The largest absolute Gasteiger partial charge is 0.481 e. The van der Waals surface area contributed by atoms with Gasteiger partial charge in [-0.05, 0) is 6.42 Å². The summed E-state index contributed by atoms with van der Waals surface area (Å²) in [5.41, 5.74) is -0.594. The van der Waals surface area contributed by atoms with E-state index in [1.54, 1.807) is 10.3 Å². The summed E-state index contributed by atoms with van der Waals surface area (Å²) in [6, 6.07) is 0. The van der Waals surface area contributed by atoms with Crippen LogP contribution in [0.4, 0.5) is 0 Å². The van der Waals surface area contributed by atoms with Gasteiger partial charge < -0.3 is 14.7 Å². The summed E-state index contributed by atoms with van der Waals surface area (Å²) < 4.78 is 5.03. The predicted molar refractivity (Wildman–Crippen MR) is 78.7 cm³/mol. The van der Waals surface area contributed by atoms with Crippen LogP contribution >= 0.6 is 11.3 Å². The van der Waals surface area contributed by atoms with Crippen molar-refractivity contribution in [1.29, 1.82) is 0 Å². The summed E-state index contributed by atoms with van der Waals surface area (Å²) in [4.78, 5) is 29.8. The molecule has 21 heavy (non-hydrogen) atoms. The number of carboxylic acids is 1. The molecule has 0 saturated carbocycles. The van der Waals surface area contributed by atoms with Gasteiger partial charge >= 0.3 is 5.97 Å². The zero-order valence-corrected chi connectivity index (χ0v) is 13.3. The van der Waals surface area contributed by atoms with Gasteiger partial charge in [0.25, 0.3) is 5.91 Å². The molecule has 116 valence electrons. The molecule has 0 spiro atoms. The van der Waals surface area contributed by atoms with Crippen molar-refractivity contribution in [3.8, 4) is 0 Å². The molecule has 1 atom stereocenters. The van der Waals surface area contributed by atoms with Gasteiger partial charge in [-0.15, -0.1) is 11.3 Å². The van der Waals surface area contributed by atoms with Crippen LogP contribution in [0.15, 0.2) is 5.38 Å². The standard InChI is InChI=1S/C14H20N2O4S/c1-9(2)11-15-10(6-21-11)12(17)16-5-4-14(7-16,8-20-3)13(18)19/h6,9H,4-5,7-8H2,1-3H3,(H,18,19). The Morgan fingerprint density at radius 3 is 2.81 bits per heavy atom. The summed E-state index contributed by atoms with van der Waals surface area (Å²) in [6.45, 7) is 4.75. The molecule has 0 aromatic carbocycles. The van der Waals surface area contributed by atoms with Crippen LogP contribution in [0.1, 0.15) is 41.7 Å². The van der Waals surface area contributed by atoms with Crippen LogP contribution in [-0.4, -0.2) is 53.7 Å². The molecule has 1 aliphatic heterocycles. The Balaban J connectivity index is 2.12. The van der Waals surface area contributed by atoms with Gasteiger partial charge in [-0.2, -0.15) is 0 Å². The molecule has 1 unspecified atom stereocenters. The predicted octanol–water partition coefficient (Wildman–Crippen LogP) is 1.83. The minimum Gasteiger partial charge on any atom is -0.481 e. The minimum absolute atomic E-state index is 0.112. The lowest BCUT2D eigenvalue weighted by molar-refractivity contribution is -0.151. The zero-order chi connectivity index (χ0) is 15.6. The van der Waals surface area contributed by atoms with E-state index < -0.39 is 11.4 Å². The number of carbonyl (C=O) groups is 2. The Labute approximate surface area is 127 Å². The minimum atomic E-state index is -0.999. The number of thiazole rings is 1. The second kappa shape index (κ2) is 6.11. The first kappa shape index (κ1) is 15.9. The highest BCUT2D eigenvalue weighted by molar-refractivity contribution is 7.09. The smallest absolute Gasteiger partial charge is 0.313 e. The number of carbonyl (C=O) groups excluding carboxylic acids is 1. The lowest BCUT2D eigenvalue weighted by atomic mass is 9.88. The number of nitrogens with zero attached hydrogens (tertiary/aromatic N) is 2. The first-order valence-corrected chi connectivity index (χ1v) is 7.74. The molecule has 1 aromatic heterocycles. The quantitative estimate of drug-likeness (QED) is 0.897. The molecule has 1 saturated heterocycles. The van der Waals surface area contributed by atoms with Crippen molar-refractivity contribution < 1.29 is 19.4 Å². The highest BCUT2D eigenvalue weighted by atomic mass is 32.1. The Morgan fingerprint density at radius 1 is 1.57 bits per heavy atom.